The van der Waals surface area contributed by atoms with Crippen molar-refractivity contribution in [2.75, 3.05) is 31.1 Å². The average molecular weight is 498 g/mol. The van der Waals surface area contributed by atoms with E-state index in [0.717, 1.165) is 31.7 Å². The number of pyridine rings is 1. The third-order valence-corrected chi connectivity index (χ3v) is 5.63. The number of aromatic amines is 1. The third kappa shape index (κ3) is 4.02. The molecule has 1 aliphatic heterocycles. The Morgan fingerprint density at radius 1 is 1.19 bits per heavy atom. The second-order valence-electron chi connectivity index (χ2n) is 6.27. The van der Waals surface area contributed by atoms with Crippen LogP contribution in [0.25, 0.3) is 22.4 Å². The predicted octanol–water partition coefficient (Wildman–Crippen LogP) is -0.206. The van der Waals surface area contributed by atoms with Crippen LogP contribution in [0.5, 0.6) is 6.01 Å². The molecule has 0 atom stereocenters. The third-order valence-electron chi connectivity index (χ3n) is 4.38. The van der Waals surface area contributed by atoms with Crippen molar-refractivity contribution >= 4 is 34.4 Å². The molecule has 3 aromatic rings. The highest BCUT2D eigenvalue weighted by Gasteiger charge is 2.15. The molecule has 1 fully saturated rings. The van der Waals surface area contributed by atoms with E-state index in [4.69, 9.17) is 16.3 Å². The molecule has 0 amide bonds. The summed E-state index contributed by atoms with van der Waals surface area (Å²) in [7, 11) is 0. The fraction of sp³-hybridized carbons (Fsp3) is 0.278. The molecule has 1 radical (unpaired) electrons. The van der Waals surface area contributed by atoms with Gasteiger partial charge in [-0.05, 0) is 31.3 Å². The molecule has 27 heavy (non-hydrogen) atoms. The Morgan fingerprint density at radius 3 is 2.56 bits per heavy atom. The van der Waals surface area contributed by atoms with Crippen LogP contribution in [0.1, 0.15) is 6.92 Å². The van der Waals surface area contributed by atoms with Gasteiger partial charge in [-0.1, -0.05) is 23.7 Å². The molecule has 1 N–H and O–H groups in total. The minimum absolute atomic E-state index is 0.114. The minimum Gasteiger partial charge on any atom is -0.699 e. The van der Waals surface area contributed by atoms with Crippen molar-refractivity contribution in [1.29, 1.82) is 0 Å². The first-order chi connectivity index (χ1) is 13.0. The number of nitrogens with zero attached hydrogens (tertiary/aromatic N) is 4. The van der Waals surface area contributed by atoms with E-state index in [0.29, 0.717) is 21.9 Å². The molecule has 1 aromatic carbocycles. The maximum absolute atomic E-state index is 11.1. The zero-order chi connectivity index (χ0) is 19.0. The lowest BCUT2D eigenvalue weighted by molar-refractivity contribution is -0.575. The molecule has 4 rings (SSSR count). The molecule has 1 aliphatic rings. The van der Waals surface area contributed by atoms with Gasteiger partial charge in [0, 0.05) is 31.3 Å². The quantitative estimate of drug-likeness (QED) is 0.307. The number of anilines is 1. The molecule has 0 saturated carbocycles. The molecule has 141 valence electrons. The van der Waals surface area contributed by atoms with Gasteiger partial charge >= 0.3 is 12.0 Å². The summed E-state index contributed by atoms with van der Waals surface area (Å²) < 4.78 is 7.28. The summed E-state index contributed by atoms with van der Waals surface area (Å²) in [4.78, 5) is 25.1. The molecule has 2 aromatic heterocycles. The van der Waals surface area contributed by atoms with E-state index >= 15 is 0 Å². The molecular weight excluding hydrogens is 481 g/mol. The highest BCUT2D eigenvalue weighted by atomic mass is 127. The summed E-state index contributed by atoms with van der Waals surface area (Å²) in [5.41, 5.74) is 3.82. The molecule has 0 spiro atoms. The first-order valence-electron chi connectivity index (χ1n) is 8.50. The van der Waals surface area contributed by atoms with E-state index in [1.807, 2.05) is 12.1 Å². The first kappa shape index (κ1) is 18.5. The molecule has 1 saturated heterocycles. The van der Waals surface area contributed by atoms with E-state index in [1.54, 1.807) is 6.07 Å². The van der Waals surface area contributed by atoms with Crippen LogP contribution in [0, 0.1) is 0 Å². The van der Waals surface area contributed by atoms with Gasteiger partial charge in [-0.25, -0.2) is 4.98 Å². The summed E-state index contributed by atoms with van der Waals surface area (Å²) in [5.74, 6) is -0.445. The lowest BCUT2D eigenvalue weighted by Crippen LogP contribution is -3.42. The number of hydrogen-bond donors (Lipinski definition) is 1. The number of fused-ring (bicyclic) bond motifs is 1. The Bertz CT molecular complexity index is 983. The van der Waals surface area contributed by atoms with Crippen LogP contribution in [-0.4, -0.2) is 50.2 Å². The summed E-state index contributed by atoms with van der Waals surface area (Å²) in [6.45, 7) is 5.45. The SMILES string of the molecule is CC(=O)Oc1nc2nc(-c3ccc(N4CCN([I-])CC4)cc3)c(Cl)cc2[nH]1. The zero-order valence-electron chi connectivity index (χ0n) is 14.6. The van der Waals surface area contributed by atoms with Gasteiger partial charge in [0.1, 0.15) is 0 Å². The summed E-state index contributed by atoms with van der Waals surface area (Å²) >= 11 is 8.79. The number of H-pyrrole nitrogens is 1. The number of carbonyl (C=O) groups excluding carboxylic acids is 1. The van der Waals surface area contributed by atoms with Crippen LogP contribution >= 0.6 is 11.6 Å². The van der Waals surface area contributed by atoms with Crippen molar-refractivity contribution in [1.82, 2.24) is 18.1 Å². The van der Waals surface area contributed by atoms with Gasteiger partial charge in [0.05, 0.1) is 16.2 Å². The number of nitrogens with one attached hydrogen (secondary N) is 1. The van der Waals surface area contributed by atoms with Crippen LogP contribution in [-0.2, 0) is 4.79 Å². The monoisotopic (exact) mass is 497 g/mol. The molecule has 7 nitrogen and oxygen atoms in total. The van der Waals surface area contributed by atoms with Crippen LogP contribution in [0.4, 0.5) is 5.69 Å². The molecule has 0 unspecified atom stereocenters. The summed E-state index contributed by atoms with van der Waals surface area (Å²) in [5, 5.41) is 0.506. The first-order valence-corrected chi connectivity index (χ1v) is 9.84. The predicted molar refractivity (Wildman–Crippen MR) is 99.4 cm³/mol. The Hall–Kier alpha value is -1.91. The number of imidazole rings is 1. The molecule has 0 bridgehead atoms. The van der Waals surface area contributed by atoms with Crippen LogP contribution in [0.15, 0.2) is 30.3 Å². The van der Waals surface area contributed by atoms with Crippen LogP contribution in [0.3, 0.4) is 0 Å². The van der Waals surface area contributed by atoms with E-state index in [-0.39, 0.29) is 6.01 Å². The summed E-state index contributed by atoms with van der Waals surface area (Å²) in [6, 6.07) is 10.1. The minimum atomic E-state index is -0.445. The number of halogens is 2. The Kier molecular flexibility index (Phi) is 5.20. The smallest absolute Gasteiger partial charge is 0.310 e. The zero-order valence-corrected chi connectivity index (χ0v) is 17.5. The van der Waals surface area contributed by atoms with Gasteiger partial charge in [-0.15, -0.1) is 0 Å². The van der Waals surface area contributed by atoms with Gasteiger partial charge in [0.25, 0.3) is 0 Å². The van der Waals surface area contributed by atoms with Gasteiger partial charge in [-0.3, -0.25) is 4.79 Å². The fourth-order valence-electron chi connectivity index (χ4n) is 3.05. The Labute approximate surface area is 175 Å². The summed E-state index contributed by atoms with van der Waals surface area (Å²) in [6.07, 6.45) is 0. The number of esters is 1. The number of rotatable bonds is 3. The maximum atomic E-state index is 11.1. The van der Waals surface area contributed by atoms with Crippen molar-refractivity contribution in [2.45, 2.75) is 6.92 Å². The van der Waals surface area contributed by atoms with E-state index in [2.05, 4.69) is 58.0 Å². The lowest BCUT2D eigenvalue weighted by Gasteiger charge is -2.40. The number of carbonyl (C=O) groups is 1. The van der Waals surface area contributed by atoms with Gasteiger partial charge in [-0.2, -0.15) is 4.98 Å². The normalized spacial score (nSPS) is 15.3. The van der Waals surface area contributed by atoms with Crippen molar-refractivity contribution < 1.29 is 32.4 Å². The van der Waals surface area contributed by atoms with Gasteiger partial charge in [0.2, 0.25) is 0 Å². The molecule has 3 heterocycles. The molecule has 9 heteroatoms. The van der Waals surface area contributed by atoms with Crippen molar-refractivity contribution in [3.8, 4) is 17.3 Å². The van der Waals surface area contributed by atoms with Crippen molar-refractivity contribution in [2.24, 2.45) is 0 Å². The number of piperazine rings is 1. The Balaban J connectivity index is 1.61. The number of aromatic nitrogens is 3. The number of ether oxygens (including phenoxy) is 1. The van der Waals surface area contributed by atoms with Crippen LogP contribution in [0.2, 0.25) is 5.02 Å². The van der Waals surface area contributed by atoms with E-state index < -0.39 is 5.97 Å². The second kappa shape index (κ2) is 7.61. The number of benzene rings is 1. The largest absolute Gasteiger partial charge is 0.699 e. The fourth-order valence-corrected chi connectivity index (χ4v) is 3.74. The van der Waals surface area contributed by atoms with E-state index in [1.165, 1.54) is 12.6 Å². The Morgan fingerprint density at radius 2 is 1.89 bits per heavy atom. The van der Waals surface area contributed by atoms with Gasteiger partial charge in [0.15, 0.2) is 5.65 Å². The average Bonchev–Trinajstić information content (AvgIpc) is 3.02. The number of hydrogen-bond acceptors (Lipinski definition) is 6. The van der Waals surface area contributed by atoms with Gasteiger partial charge < -0.3 is 40.6 Å². The van der Waals surface area contributed by atoms with E-state index in [9.17, 15) is 4.79 Å². The highest BCUT2D eigenvalue weighted by molar-refractivity contribution is 6.33. The van der Waals surface area contributed by atoms with Crippen molar-refractivity contribution in [3.05, 3.63) is 35.4 Å². The topological polar surface area (TPSA) is 74.3 Å². The van der Waals surface area contributed by atoms with Crippen molar-refractivity contribution in [3.63, 3.8) is 0 Å². The molecule has 0 aliphatic carbocycles. The van der Waals surface area contributed by atoms with Crippen LogP contribution < -0.4 is 32.5 Å². The standard InChI is InChI=1S/C18H17ClIN5O2/c1-11(26)27-18-21-15-10-14(19)16(22-17(15)23-18)12-2-4-13(5-3-12)24-6-8-25(20)9-7-24/h2-5,10H,6-9H2,1H3,(H,21,22,23)/q-1. The lowest BCUT2D eigenvalue weighted by atomic mass is 10.1. The molecular formula is C18H17ClIN5O2-. The highest BCUT2D eigenvalue weighted by Crippen LogP contribution is 2.30. The second-order valence-corrected chi connectivity index (χ2v) is 8.04. The maximum Gasteiger partial charge on any atom is 0.310 e.